The minimum atomic E-state index is -1.44. The van der Waals surface area contributed by atoms with Crippen molar-refractivity contribution in [3.8, 4) is 17.0 Å². The monoisotopic (exact) mass is 355 g/mol. The third-order valence-electron chi connectivity index (χ3n) is 4.31. The van der Waals surface area contributed by atoms with Crippen LogP contribution in [0.2, 0.25) is 0 Å². The Labute approximate surface area is 149 Å². The maximum atomic E-state index is 12.1. The van der Waals surface area contributed by atoms with Crippen molar-refractivity contribution < 1.29 is 15.0 Å². The third kappa shape index (κ3) is 3.09. The van der Waals surface area contributed by atoms with Crippen LogP contribution in [0.4, 0.5) is 0 Å². The number of carbonyl (C=O) groups is 1. The lowest BCUT2D eigenvalue weighted by Gasteiger charge is -2.12. The van der Waals surface area contributed by atoms with Gasteiger partial charge in [-0.15, -0.1) is 0 Å². The van der Waals surface area contributed by atoms with Crippen LogP contribution in [0.25, 0.3) is 22.2 Å². The van der Waals surface area contributed by atoms with Crippen LogP contribution < -0.4 is 5.56 Å². The van der Waals surface area contributed by atoms with Crippen molar-refractivity contribution in [3.05, 3.63) is 51.4 Å². The number of aromatic amines is 2. The summed E-state index contributed by atoms with van der Waals surface area (Å²) in [6.45, 7) is 2.57. The van der Waals surface area contributed by atoms with Gasteiger partial charge in [-0.2, -0.15) is 0 Å². The van der Waals surface area contributed by atoms with Crippen LogP contribution in [-0.4, -0.2) is 45.1 Å². The first-order valence-electron chi connectivity index (χ1n) is 8.30. The summed E-state index contributed by atoms with van der Waals surface area (Å²) in [5, 5.41) is 20.4. The number of benzene rings is 1. The Morgan fingerprint density at radius 2 is 1.92 bits per heavy atom. The first kappa shape index (κ1) is 17.8. The summed E-state index contributed by atoms with van der Waals surface area (Å²) >= 11 is 0. The maximum Gasteiger partial charge on any atom is 0.345 e. The molecule has 7 nitrogen and oxygen atoms in total. The minimum absolute atomic E-state index is 0.384. The fourth-order valence-electron chi connectivity index (χ4n) is 3.19. The number of nitrogens with zero attached hydrogens (tertiary/aromatic N) is 1. The number of hydrogen-bond donors (Lipinski definition) is 4. The molecule has 0 saturated carbocycles. The predicted molar refractivity (Wildman–Crippen MR) is 99.7 cm³/mol. The standard InChI is InChI=1S/C19H21N3O4/c1-4-13-16(21-18(24)15(17(13)23)19(25)26)10-5-6-14-11(7-10)8-12(20-14)9-22(2)3/h5-8,20H,4,9H2,1-3H3,(H,25,26)(H2,21,23,24). The Morgan fingerprint density at radius 1 is 1.19 bits per heavy atom. The second-order valence-corrected chi connectivity index (χ2v) is 6.52. The van der Waals surface area contributed by atoms with Crippen molar-refractivity contribution >= 4 is 16.9 Å². The molecule has 136 valence electrons. The zero-order valence-electron chi connectivity index (χ0n) is 14.9. The molecule has 0 fully saturated rings. The maximum absolute atomic E-state index is 12.1. The van der Waals surface area contributed by atoms with Crippen LogP contribution in [0.5, 0.6) is 5.75 Å². The normalized spacial score (nSPS) is 11.4. The predicted octanol–water partition coefficient (Wildman–Crippen LogP) is 2.55. The number of H-pyrrole nitrogens is 2. The summed E-state index contributed by atoms with van der Waals surface area (Å²) in [4.78, 5) is 31.4. The second-order valence-electron chi connectivity index (χ2n) is 6.52. The number of carboxylic acids is 1. The van der Waals surface area contributed by atoms with Gasteiger partial charge in [-0.3, -0.25) is 4.79 Å². The van der Waals surface area contributed by atoms with Gasteiger partial charge in [0, 0.05) is 28.7 Å². The van der Waals surface area contributed by atoms with E-state index in [1.54, 1.807) is 6.92 Å². The lowest BCUT2D eigenvalue weighted by Crippen LogP contribution is -2.20. The van der Waals surface area contributed by atoms with Crippen molar-refractivity contribution in [2.75, 3.05) is 14.1 Å². The smallest absolute Gasteiger partial charge is 0.345 e. The van der Waals surface area contributed by atoms with Crippen LogP contribution in [-0.2, 0) is 13.0 Å². The van der Waals surface area contributed by atoms with Gasteiger partial charge in [0.2, 0.25) is 0 Å². The summed E-state index contributed by atoms with van der Waals surface area (Å²) in [6.07, 6.45) is 0.384. The van der Waals surface area contributed by atoms with Crippen LogP contribution in [0, 0.1) is 0 Å². The molecule has 0 spiro atoms. The van der Waals surface area contributed by atoms with E-state index < -0.39 is 22.8 Å². The number of fused-ring (bicyclic) bond motifs is 1. The Hall–Kier alpha value is -3.06. The fraction of sp³-hybridized carbons (Fsp3) is 0.263. The molecule has 0 aliphatic rings. The van der Waals surface area contributed by atoms with E-state index in [4.69, 9.17) is 5.11 Å². The number of rotatable bonds is 5. The van der Waals surface area contributed by atoms with Crippen molar-refractivity contribution in [1.29, 1.82) is 0 Å². The van der Waals surface area contributed by atoms with Gasteiger partial charge < -0.3 is 25.1 Å². The second kappa shape index (κ2) is 6.68. The van der Waals surface area contributed by atoms with Gasteiger partial charge in [0.1, 0.15) is 5.75 Å². The summed E-state index contributed by atoms with van der Waals surface area (Å²) in [6, 6.07) is 7.69. The Morgan fingerprint density at radius 3 is 2.54 bits per heavy atom. The van der Waals surface area contributed by atoms with E-state index in [-0.39, 0.29) is 0 Å². The molecule has 3 aromatic rings. The van der Waals surface area contributed by atoms with Crippen LogP contribution in [0.15, 0.2) is 29.1 Å². The molecule has 3 rings (SSSR count). The lowest BCUT2D eigenvalue weighted by molar-refractivity contribution is 0.0691. The quantitative estimate of drug-likeness (QED) is 0.562. The highest BCUT2D eigenvalue weighted by Gasteiger charge is 2.22. The van der Waals surface area contributed by atoms with E-state index in [0.29, 0.717) is 23.2 Å². The van der Waals surface area contributed by atoms with Gasteiger partial charge in [-0.1, -0.05) is 13.0 Å². The van der Waals surface area contributed by atoms with Gasteiger partial charge in [0.25, 0.3) is 5.56 Å². The number of pyridine rings is 1. The number of aromatic carboxylic acids is 1. The first-order chi connectivity index (χ1) is 12.3. The number of aromatic nitrogens is 2. The van der Waals surface area contributed by atoms with Gasteiger partial charge in [0.05, 0.1) is 5.69 Å². The van der Waals surface area contributed by atoms with Crippen LogP contribution >= 0.6 is 0 Å². The molecule has 0 atom stereocenters. The average molecular weight is 355 g/mol. The zero-order valence-corrected chi connectivity index (χ0v) is 14.9. The topological polar surface area (TPSA) is 109 Å². The highest BCUT2D eigenvalue weighted by molar-refractivity contribution is 5.92. The molecule has 0 unspecified atom stereocenters. The molecule has 26 heavy (non-hydrogen) atoms. The van der Waals surface area contributed by atoms with Crippen molar-refractivity contribution in [1.82, 2.24) is 14.9 Å². The van der Waals surface area contributed by atoms with Crippen LogP contribution in [0.1, 0.15) is 28.5 Å². The summed E-state index contributed by atoms with van der Waals surface area (Å²) in [5.41, 5.74) is 2.16. The Kier molecular flexibility index (Phi) is 4.56. The van der Waals surface area contributed by atoms with E-state index in [1.807, 2.05) is 38.4 Å². The van der Waals surface area contributed by atoms with E-state index in [9.17, 15) is 14.7 Å². The van der Waals surface area contributed by atoms with Gasteiger partial charge in [0.15, 0.2) is 5.56 Å². The van der Waals surface area contributed by atoms with E-state index in [2.05, 4.69) is 14.9 Å². The molecule has 0 aliphatic carbocycles. The number of aromatic hydroxyl groups is 1. The minimum Gasteiger partial charge on any atom is -0.506 e. The molecule has 0 saturated heterocycles. The molecule has 0 aliphatic heterocycles. The van der Waals surface area contributed by atoms with E-state index in [0.717, 1.165) is 23.1 Å². The Balaban J connectivity index is 2.17. The number of nitrogens with one attached hydrogen (secondary N) is 2. The zero-order chi connectivity index (χ0) is 19.0. The molecule has 0 amide bonds. The molecule has 1 aromatic carbocycles. The SMILES string of the molecule is CCc1c(-c2ccc3[nH]c(CN(C)C)cc3c2)[nH]c(=O)c(C(=O)O)c1O. The summed E-state index contributed by atoms with van der Waals surface area (Å²) < 4.78 is 0. The molecule has 7 heteroatoms. The van der Waals surface area contributed by atoms with Crippen LogP contribution in [0.3, 0.4) is 0 Å². The van der Waals surface area contributed by atoms with Gasteiger partial charge >= 0.3 is 5.97 Å². The molecule has 0 radical (unpaired) electrons. The van der Waals surface area contributed by atoms with Gasteiger partial charge in [-0.25, -0.2) is 4.79 Å². The van der Waals surface area contributed by atoms with Gasteiger partial charge in [-0.05, 0) is 44.3 Å². The summed E-state index contributed by atoms with van der Waals surface area (Å²) in [5.74, 6) is -1.92. The first-order valence-corrected chi connectivity index (χ1v) is 8.30. The fourth-order valence-corrected chi connectivity index (χ4v) is 3.19. The van der Waals surface area contributed by atoms with Crippen molar-refractivity contribution in [3.63, 3.8) is 0 Å². The van der Waals surface area contributed by atoms with E-state index in [1.165, 1.54) is 0 Å². The molecular formula is C19H21N3O4. The summed E-state index contributed by atoms with van der Waals surface area (Å²) in [7, 11) is 3.98. The molecule has 0 bridgehead atoms. The molecule has 2 aromatic heterocycles. The molecular weight excluding hydrogens is 334 g/mol. The largest absolute Gasteiger partial charge is 0.506 e. The number of carboxylic acid groups (broad SMARTS) is 1. The van der Waals surface area contributed by atoms with Crippen molar-refractivity contribution in [2.45, 2.75) is 19.9 Å². The average Bonchev–Trinajstić information content (AvgIpc) is 2.94. The highest BCUT2D eigenvalue weighted by Crippen LogP contribution is 2.31. The third-order valence-corrected chi connectivity index (χ3v) is 4.31. The molecule has 4 N–H and O–H groups in total. The van der Waals surface area contributed by atoms with Crippen molar-refractivity contribution in [2.24, 2.45) is 0 Å². The Bertz CT molecular complexity index is 1050. The number of hydrogen-bond acceptors (Lipinski definition) is 4. The van der Waals surface area contributed by atoms with E-state index >= 15 is 0 Å². The molecule has 2 heterocycles. The highest BCUT2D eigenvalue weighted by atomic mass is 16.4. The lowest BCUT2D eigenvalue weighted by atomic mass is 9.99.